The van der Waals surface area contributed by atoms with Crippen LogP contribution < -0.4 is 16.0 Å². The van der Waals surface area contributed by atoms with Crippen molar-refractivity contribution in [2.75, 3.05) is 18.0 Å². The third-order valence-corrected chi connectivity index (χ3v) is 6.76. The fourth-order valence-corrected chi connectivity index (χ4v) is 4.37. The molecule has 0 aliphatic carbocycles. The van der Waals surface area contributed by atoms with E-state index in [2.05, 4.69) is 31.5 Å². The van der Waals surface area contributed by atoms with E-state index in [0.717, 1.165) is 5.56 Å². The van der Waals surface area contributed by atoms with Gasteiger partial charge in [0, 0.05) is 34.3 Å². The second kappa shape index (κ2) is 14.7. The van der Waals surface area contributed by atoms with E-state index in [0.29, 0.717) is 27.5 Å². The maximum atomic E-state index is 13.3. The zero-order valence-corrected chi connectivity index (χ0v) is 23.7. The number of hydrogen-bond donors (Lipinski definition) is 4. The number of carbonyl (C=O) groups is 3. The first-order chi connectivity index (χ1) is 20.3. The molecule has 4 aromatic rings. The summed E-state index contributed by atoms with van der Waals surface area (Å²) in [5.41, 5.74) is 2.77. The minimum atomic E-state index is -2.33. The van der Waals surface area contributed by atoms with Crippen molar-refractivity contribution in [2.24, 2.45) is 0 Å². The van der Waals surface area contributed by atoms with Crippen molar-refractivity contribution in [3.8, 4) is 5.69 Å². The van der Waals surface area contributed by atoms with Crippen LogP contribution in [0.5, 0.6) is 0 Å². The minimum Gasteiger partial charge on any atom is -0.348 e. The molecule has 1 heterocycles. The third kappa shape index (κ3) is 8.87. The number of anilines is 1. The third-order valence-electron chi connectivity index (χ3n) is 5.92. The van der Waals surface area contributed by atoms with E-state index in [-0.39, 0.29) is 19.1 Å². The lowest BCUT2D eigenvalue weighted by Gasteiger charge is -2.18. The fourth-order valence-electron chi connectivity index (χ4n) is 3.88. The molecule has 214 valence electrons. The SMILES string of the molecule is O=C(/C=C/c1cc(Cl)ccc1-n1cnnn1)N[C@@H](Cc1ccccc1)C(=O)Nc1ccc(C(=O)NCC[P+](=O)O)cc1. The summed E-state index contributed by atoms with van der Waals surface area (Å²) in [6, 6.07) is 19.5. The Balaban J connectivity index is 1.45. The van der Waals surface area contributed by atoms with Gasteiger partial charge in [0.25, 0.3) is 5.91 Å². The number of amides is 3. The van der Waals surface area contributed by atoms with Gasteiger partial charge in [0.05, 0.1) is 12.2 Å². The van der Waals surface area contributed by atoms with E-state index in [1.807, 2.05) is 30.3 Å². The van der Waals surface area contributed by atoms with Crippen LogP contribution in [-0.4, -0.2) is 61.6 Å². The van der Waals surface area contributed by atoms with E-state index in [1.54, 1.807) is 36.4 Å². The standard InChI is InChI=1S/C28H25ClN7O5P/c29-22-9-12-25(36-18-31-34-35-36)21(17-22)8-13-26(37)33-24(16-19-4-2-1-3-5-19)28(39)32-23-10-6-20(7-11-23)27(38)30-14-15-42(40)41/h1-13,17-18,24H,14-16H2,(H3-,30,32,33,37,38,39,40,41)/p+1/b13-8+/t24-/m0/s1. The molecule has 3 amide bonds. The zero-order valence-electron chi connectivity index (χ0n) is 22.1. The maximum absolute atomic E-state index is 13.3. The highest BCUT2D eigenvalue weighted by Gasteiger charge is 2.21. The van der Waals surface area contributed by atoms with E-state index in [4.69, 9.17) is 16.5 Å². The number of carbonyl (C=O) groups excluding carboxylic acids is 3. The molecule has 42 heavy (non-hydrogen) atoms. The Morgan fingerprint density at radius 2 is 1.81 bits per heavy atom. The lowest BCUT2D eigenvalue weighted by molar-refractivity contribution is -0.123. The molecule has 4 rings (SSSR count). The van der Waals surface area contributed by atoms with Crippen LogP contribution >= 0.6 is 19.6 Å². The normalized spacial score (nSPS) is 12.0. The van der Waals surface area contributed by atoms with Gasteiger partial charge in [0.15, 0.2) is 6.16 Å². The molecule has 0 bridgehead atoms. The van der Waals surface area contributed by atoms with Crippen molar-refractivity contribution >= 4 is 49.1 Å². The molecule has 0 fully saturated rings. The molecular weight excluding hydrogens is 581 g/mol. The number of hydrogen-bond acceptors (Lipinski definition) is 7. The summed E-state index contributed by atoms with van der Waals surface area (Å²) < 4.78 is 12.2. The van der Waals surface area contributed by atoms with Crippen molar-refractivity contribution in [3.63, 3.8) is 0 Å². The predicted octanol–water partition coefficient (Wildman–Crippen LogP) is 3.16. The molecule has 0 spiro atoms. The molecule has 0 radical (unpaired) electrons. The number of nitrogens with zero attached hydrogens (tertiary/aromatic N) is 4. The van der Waals surface area contributed by atoms with Gasteiger partial charge in [0.2, 0.25) is 11.8 Å². The number of rotatable bonds is 12. The highest BCUT2D eigenvalue weighted by Crippen LogP contribution is 2.20. The maximum Gasteiger partial charge on any atom is 0.507 e. The Kier molecular flexibility index (Phi) is 10.6. The van der Waals surface area contributed by atoms with E-state index in [9.17, 15) is 18.9 Å². The first-order valence-corrected chi connectivity index (χ1v) is 14.4. The fraction of sp³-hybridized carbons (Fsp3) is 0.143. The lowest BCUT2D eigenvalue weighted by atomic mass is 10.0. The number of benzene rings is 3. The van der Waals surface area contributed by atoms with Crippen molar-refractivity contribution in [2.45, 2.75) is 12.5 Å². The molecule has 12 nitrogen and oxygen atoms in total. The van der Waals surface area contributed by atoms with Crippen LogP contribution in [0.25, 0.3) is 11.8 Å². The molecule has 0 saturated heterocycles. The molecule has 0 aliphatic rings. The number of aromatic nitrogens is 4. The molecule has 2 atom stereocenters. The van der Waals surface area contributed by atoms with Gasteiger partial charge in [-0.2, -0.15) is 9.58 Å². The Morgan fingerprint density at radius 1 is 1.05 bits per heavy atom. The minimum absolute atomic E-state index is 0.0432. The molecule has 1 aromatic heterocycles. The zero-order chi connectivity index (χ0) is 29.9. The van der Waals surface area contributed by atoms with Crippen LogP contribution in [0.4, 0.5) is 5.69 Å². The highest BCUT2D eigenvalue weighted by atomic mass is 35.5. The van der Waals surface area contributed by atoms with Crippen LogP contribution in [0, 0.1) is 0 Å². The van der Waals surface area contributed by atoms with E-state index in [1.165, 1.54) is 29.2 Å². The topological polar surface area (TPSA) is 168 Å². The second-order valence-electron chi connectivity index (χ2n) is 8.94. The van der Waals surface area contributed by atoms with Crippen LogP contribution in [-0.2, 0) is 20.6 Å². The summed E-state index contributed by atoms with van der Waals surface area (Å²) in [5.74, 6) is -1.37. The van der Waals surface area contributed by atoms with Crippen molar-refractivity contribution in [1.82, 2.24) is 30.8 Å². The van der Waals surface area contributed by atoms with Gasteiger partial charge in [-0.05, 0) is 69.1 Å². The predicted molar refractivity (Wildman–Crippen MR) is 157 cm³/mol. The highest BCUT2D eigenvalue weighted by molar-refractivity contribution is 7.38. The van der Waals surface area contributed by atoms with Crippen LogP contribution in [0.3, 0.4) is 0 Å². The Labute approximate surface area is 246 Å². The monoisotopic (exact) mass is 606 g/mol. The second-order valence-corrected chi connectivity index (χ2v) is 10.5. The lowest BCUT2D eigenvalue weighted by Crippen LogP contribution is -2.44. The Morgan fingerprint density at radius 3 is 2.50 bits per heavy atom. The van der Waals surface area contributed by atoms with E-state index < -0.39 is 31.8 Å². The van der Waals surface area contributed by atoms with Crippen LogP contribution in [0.2, 0.25) is 5.02 Å². The van der Waals surface area contributed by atoms with Gasteiger partial charge in [-0.1, -0.05) is 41.9 Å². The molecular formula is C28H26ClN7O5P+. The Bertz CT molecular complexity index is 1580. The van der Waals surface area contributed by atoms with Gasteiger partial charge in [-0.15, -0.1) is 5.10 Å². The van der Waals surface area contributed by atoms with Crippen molar-refractivity contribution < 1.29 is 23.8 Å². The summed E-state index contributed by atoms with van der Waals surface area (Å²) in [6.07, 6.45) is 4.45. The molecule has 3 aromatic carbocycles. The number of halogens is 1. The Hall–Kier alpha value is -4.77. The summed E-state index contributed by atoms with van der Waals surface area (Å²) in [7, 11) is -2.33. The van der Waals surface area contributed by atoms with Gasteiger partial charge in [-0.25, -0.2) is 0 Å². The van der Waals surface area contributed by atoms with Crippen LogP contribution in [0.1, 0.15) is 21.5 Å². The van der Waals surface area contributed by atoms with Crippen LogP contribution in [0.15, 0.2) is 85.2 Å². The van der Waals surface area contributed by atoms with Gasteiger partial charge in [-0.3, -0.25) is 14.4 Å². The largest absolute Gasteiger partial charge is 0.507 e. The van der Waals surface area contributed by atoms with Gasteiger partial charge >= 0.3 is 8.03 Å². The summed E-state index contributed by atoms with van der Waals surface area (Å²) >= 11 is 6.16. The molecule has 0 saturated carbocycles. The molecule has 1 unspecified atom stereocenters. The summed E-state index contributed by atoms with van der Waals surface area (Å²) in [6.45, 7) is 0.0641. The van der Waals surface area contributed by atoms with Crippen molar-refractivity contribution in [1.29, 1.82) is 0 Å². The smallest absolute Gasteiger partial charge is 0.348 e. The number of tetrazole rings is 1. The first kappa shape index (κ1) is 30.2. The molecule has 0 aliphatic heterocycles. The summed E-state index contributed by atoms with van der Waals surface area (Å²) in [5, 5.41) is 19.7. The average Bonchev–Trinajstić information content (AvgIpc) is 3.51. The average molecular weight is 607 g/mol. The van der Waals surface area contributed by atoms with E-state index >= 15 is 0 Å². The molecule has 4 N–H and O–H groups in total. The van der Waals surface area contributed by atoms with Crippen molar-refractivity contribution in [3.05, 3.63) is 107 Å². The number of nitrogens with one attached hydrogen (secondary N) is 3. The first-order valence-electron chi connectivity index (χ1n) is 12.7. The molecule has 14 heteroatoms. The quantitative estimate of drug-likeness (QED) is 0.141. The van der Waals surface area contributed by atoms with Gasteiger partial charge < -0.3 is 16.0 Å². The summed E-state index contributed by atoms with van der Waals surface area (Å²) in [4.78, 5) is 47.3. The van der Waals surface area contributed by atoms with Gasteiger partial charge in [0.1, 0.15) is 12.4 Å².